The Labute approximate surface area is 161 Å². The van der Waals surface area contributed by atoms with Crippen molar-refractivity contribution >= 4 is 17.5 Å². The van der Waals surface area contributed by atoms with Gasteiger partial charge in [0.25, 0.3) is 0 Å². The van der Waals surface area contributed by atoms with Crippen molar-refractivity contribution in [3.8, 4) is 5.75 Å². The molecule has 29 heavy (non-hydrogen) atoms. The first-order valence-corrected chi connectivity index (χ1v) is 8.39. The number of aromatic nitrogens is 3. The van der Waals surface area contributed by atoms with Crippen LogP contribution >= 0.6 is 0 Å². The van der Waals surface area contributed by atoms with Crippen molar-refractivity contribution in [3.63, 3.8) is 0 Å². The molecule has 4 N–H and O–H groups in total. The summed E-state index contributed by atoms with van der Waals surface area (Å²) in [6.45, 7) is 0. The molecule has 2 aliphatic rings. The van der Waals surface area contributed by atoms with Crippen LogP contribution in [0.4, 0.5) is 13.2 Å². The Bertz CT molecular complexity index is 1040. The Kier molecular flexibility index (Phi) is 4.26. The second-order valence-electron chi connectivity index (χ2n) is 6.36. The number of methoxy groups -OCH3 is 1. The number of H-pyrrole nitrogens is 1. The number of benzene rings is 1. The van der Waals surface area contributed by atoms with Gasteiger partial charge in [-0.1, -0.05) is 17.2 Å². The van der Waals surface area contributed by atoms with E-state index in [0.717, 1.165) is 4.68 Å². The Morgan fingerprint density at radius 1 is 1.31 bits per heavy atom. The van der Waals surface area contributed by atoms with Gasteiger partial charge in [0.1, 0.15) is 11.6 Å². The number of hydrogen-bond acceptors (Lipinski definition) is 8. The predicted octanol–water partition coefficient (Wildman–Crippen LogP) is 0.0991. The first-order chi connectivity index (χ1) is 13.7. The zero-order chi connectivity index (χ0) is 20.8. The fourth-order valence-electron chi connectivity index (χ4n) is 3.09. The molecule has 0 fully saturated rings. The number of aromatic amines is 1. The summed E-state index contributed by atoms with van der Waals surface area (Å²) in [7, 11) is 1.39. The van der Waals surface area contributed by atoms with Gasteiger partial charge in [-0.3, -0.25) is 0 Å². The monoisotopic (exact) mass is 409 g/mol. The normalized spacial score (nSPS) is 21.8. The van der Waals surface area contributed by atoms with Crippen LogP contribution in [0, 0.1) is 0 Å². The van der Waals surface area contributed by atoms with E-state index in [1.807, 2.05) is 0 Å². The molecule has 1 atom stereocenters. The van der Waals surface area contributed by atoms with Crippen molar-refractivity contribution in [1.82, 2.24) is 15.1 Å². The van der Waals surface area contributed by atoms with E-state index in [9.17, 15) is 18.3 Å². The number of nitrogens with one attached hydrogen (secondary N) is 1. The number of alkyl halides is 3. The molecule has 13 heteroatoms. The van der Waals surface area contributed by atoms with Crippen LogP contribution in [0.3, 0.4) is 0 Å². The molecule has 4 rings (SSSR count). The molecule has 0 aliphatic carbocycles. The lowest BCUT2D eigenvalue weighted by atomic mass is 10.0. The number of nitrogens with two attached hydrogens (primary N) is 1. The van der Waals surface area contributed by atoms with Gasteiger partial charge in [0, 0.05) is 10.7 Å². The van der Waals surface area contributed by atoms with E-state index in [2.05, 4.69) is 25.4 Å². The Morgan fingerprint density at radius 2 is 2.07 bits per heavy atom. The van der Waals surface area contributed by atoms with Gasteiger partial charge in [-0.25, -0.2) is 5.10 Å². The molecule has 0 saturated carbocycles. The first kappa shape index (κ1) is 18.9. The molecule has 10 nitrogen and oxygen atoms in total. The molecule has 2 aromatic rings. The number of halogens is 3. The van der Waals surface area contributed by atoms with Gasteiger partial charge in [0.2, 0.25) is 5.82 Å². The molecule has 1 aromatic carbocycles. The minimum Gasteiger partial charge on any atom is -0.496 e. The standard InChI is InChI=1S/C16H15F3N8O2/c1-29-11-5-3-2-4-9(11)10-7-15(28,16(17,18)19)27(25-10)14-24-23-12(20)6-13-21-8-22-26(13)14/h2-5,8,28H,6-7H2,1H3,(H2,20,23)/p+1/t15-/m0/s1. The summed E-state index contributed by atoms with van der Waals surface area (Å²) in [4.78, 5) is 4.01. The van der Waals surface area contributed by atoms with Crippen molar-refractivity contribution in [2.75, 3.05) is 7.11 Å². The highest BCUT2D eigenvalue weighted by Crippen LogP contribution is 2.42. The largest absolute Gasteiger partial charge is 0.496 e. The minimum absolute atomic E-state index is 0.0344. The highest BCUT2D eigenvalue weighted by Gasteiger charge is 2.67. The van der Waals surface area contributed by atoms with E-state index < -0.39 is 24.3 Å². The summed E-state index contributed by atoms with van der Waals surface area (Å²) >= 11 is 0. The SMILES string of the molecule is COc1ccccc1C1=NN(C2=NN=C(N)Cc3nc[nH][n+]32)[C@@](O)(C(F)(F)F)C1. The summed E-state index contributed by atoms with van der Waals surface area (Å²) < 4.78 is 48.2. The van der Waals surface area contributed by atoms with Crippen molar-refractivity contribution in [2.24, 2.45) is 21.0 Å². The van der Waals surface area contributed by atoms with Crippen LogP contribution in [0.1, 0.15) is 17.8 Å². The van der Waals surface area contributed by atoms with Gasteiger partial charge in [-0.05, 0) is 12.1 Å². The maximum Gasteiger partial charge on any atom is 0.450 e. The lowest BCUT2D eigenvalue weighted by Gasteiger charge is -2.29. The zero-order valence-corrected chi connectivity index (χ0v) is 15.1. The first-order valence-electron chi connectivity index (χ1n) is 8.39. The Hall–Kier alpha value is -3.48. The lowest BCUT2D eigenvalue weighted by Crippen LogP contribution is -2.65. The summed E-state index contributed by atoms with van der Waals surface area (Å²) in [5.74, 6) is 0.192. The van der Waals surface area contributed by atoms with E-state index in [0.29, 0.717) is 16.3 Å². The van der Waals surface area contributed by atoms with Gasteiger partial charge in [-0.15, -0.1) is 19.8 Å². The van der Waals surface area contributed by atoms with Gasteiger partial charge in [0.05, 0.1) is 25.7 Å². The predicted molar refractivity (Wildman–Crippen MR) is 93.9 cm³/mol. The highest BCUT2D eigenvalue weighted by atomic mass is 19.4. The highest BCUT2D eigenvalue weighted by molar-refractivity contribution is 6.05. The van der Waals surface area contributed by atoms with Crippen LogP contribution in [0.25, 0.3) is 0 Å². The van der Waals surface area contributed by atoms with Gasteiger partial charge < -0.3 is 15.6 Å². The molecule has 0 amide bonds. The smallest absolute Gasteiger partial charge is 0.450 e. The third-order valence-electron chi connectivity index (χ3n) is 4.51. The van der Waals surface area contributed by atoms with Crippen molar-refractivity contribution in [3.05, 3.63) is 42.0 Å². The quantitative estimate of drug-likeness (QED) is 0.606. The van der Waals surface area contributed by atoms with Crippen LogP contribution in [-0.2, 0) is 6.42 Å². The van der Waals surface area contributed by atoms with E-state index in [1.165, 1.54) is 13.4 Å². The Morgan fingerprint density at radius 3 is 2.79 bits per heavy atom. The molecular weight excluding hydrogens is 393 g/mol. The van der Waals surface area contributed by atoms with Crippen LogP contribution in [-0.4, -0.2) is 56.7 Å². The number of aliphatic hydroxyl groups is 1. The number of para-hydroxylation sites is 1. The molecule has 1 aromatic heterocycles. The fraction of sp³-hybridized carbons (Fsp3) is 0.312. The van der Waals surface area contributed by atoms with Gasteiger partial charge >= 0.3 is 17.9 Å². The van der Waals surface area contributed by atoms with E-state index in [4.69, 9.17) is 10.5 Å². The molecule has 0 saturated heterocycles. The van der Waals surface area contributed by atoms with Gasteiger partial charge in [0.15, 0.2) is 6.33 Å². The number of hydrogen-bond donors (Lipinski definition) is 3. The summed E-state index contributed by atoms with van der Waals surface area (Å²) in [6.07, 6.45) is -4.60. The topological polar surface area (TPSA) is 128 Å². The second kappa shape index (κ2) is 6.55. The summed E-state index contributed by atoms with van der Waals surface area (Å²) in [5, 5.41) is 25.2. The van der Waals surface area contributed by atoms with E-state index in [1.54, 1.807) is 24.3 Å². The number of nitrogens with zero attached hydrogens (tertiary/aromatic N) is 6. The number of amidine groups is 1. The third kappa shape index (κ3) is 2.99. The molecule has 152 valence electrons. The summed E-state index contributed by atoms with van der Waals surface area (Å²) in [6, 6.07) is 6.44. The summed E-state index contributed by atoms with van der Waals surface area (Å²) in [5.41, 5.74) is 2.61. The van der Waals surface area contributed by atoms with Crippen LogP contribution in [0.5, 0.6) is 5.75 Å². The molecule has 2 aliphatic heterocycles. The average Bonchev–Trinajstić information content (AvgIpc) is 3.24. The van der Waals surface area contributed by atoms with Crippen LogP contribution in [0.2, 0.25) is 0 Å². The molecule has 0 unspecified atom stereocenters. The van der Waals surface area contributed by atoms with E-state index >= 15 is 0 Å². The van der Waals surface area contributed by atoms with Crippen LogP contribution < -0.4 is 15.2 Å². The number of hydrazone groups is 1. The van der Waals surface area contributed by atoms with Gasteiger partial charge in [-0.2, -0.15) is 13.2 Å². The maximum atomic E-state index is 14.0. The molecule has 0 spiro atoms. The number of rotatable bonds is 2. The zero-order valence-electron chi connectivity index (χ0n) is 15.1. The van der Waals surface area contributed by atoms with E-state index in [-0.39, 0.29) is 23.8 Å². The average molecular weight is 409 g/mol. The Balaban J connectivity index is 1.88. The number of ether oxygens (including phenoxy) is 1. The molecule has 0 radical (unpaired) electrons. The van der Waals surface area contributed by atoms with Crippen molar-refractivity contribution in [2.45, 2.75) is 24.7 Å². The minimum atomic E-state index is -5.06. The van der Waals surface area contributed by atoms with Crippen LogP contribution in [0.15, 0.2) is 45.9 Å². The molecular formula is C16H16F3N8O2+. The lowest BCUT2D eigenvalue weighted by molar-refractivity contribution is -0.637. The molecule has 0 bridgehead atoms. The number of fused-ring (bicyclic) bond motifs is 1. The van der Waals surface area contributed by atoms with Crippen molar-refractivity contribution < 1.29 is 27.7 Å². The fourth-order valence-corrected chi connectivity index (χ4v) is 3.09. The third-order valence-corrected chi connectivity index (χ3v) is 4.51. The van der Waals surface area contributed by atoms with Crippen molar-refractivity contribution in [1.29, 1.82) is 0 Å². The molecule has 3 heterocycles. The maximum absolute atomic E-state index is 14.0. The second-order valence-corrected chi connectivity index (χ2v) is 6.36.